The van der Waals surface area contributed by atoms with Crippen LogP contribution in [0, 0.1) is 5.95 Å². The molecule has 0 aliphatic carbocycles. The van der Waals surface area contributed by atoms with Crippen molar-refractivity contribution >= 4 is 23.1 Å². The summed E-state index contributed by atoms with van der Waals surface area (Å²) in [4.78, 5) is 23.4. The van der Waals surface area contributed by atoms with Gasteiger partial charge in [-0.05, 0) is 6.07 Å². The highest BCUT2D eigenvalue weighted by Crippen LogP contribution is 2.36. The van der Waals surface area contributed by atoms with Crippen LogP contribution in [-0.4, -0.2) is 53.8 Å². The van der Waals surface area contributed by atoms with Crippen LogP contribution >= 0.6 is 0 Å². The first-order valence-corrected chi connectivity index (χ1v) is 10.3. The number of fused-ring (bicyclic) bond motifs is 3. The van der Waals surface area contributed by atoms with E-state index in [1.165, 1.54) is 46.3 Å². The van der Waals surface area contributed by atoms with E-state index < -0.39 is 30.6 Å². The van der Waals surface area contributed by atoms with Crippen molar-refractivity contribution in [1.82, 2.24) is 34.6 Å². The molecule has 5 rings (SSSR count). The number of anilines is 2. The molecule has 14 heteroatoms. The monoisotopic (exact) mass is 489 g/mol. The van der Waals surface area contributed by atoms with Gasteiger partial charge in [0.1, 0.15) is 6.67 Å². The van der Waals surface area contributed by atoms with E-state index in [2.05, 4.69) is 37.2 Å². The number of halogens is 4. The number of carbonyl (C=O) groups excluding carboxylic acids is 1. The predicted octanol–water partition coefficient (Wildman–Crippen LogP) is 4.08. The Labute approximate surface area is 195 Å². The summed E-state index contributed by atoms with van der Waals surface area (Å²) in [5.41, 5.74) is 1.07. The highest BCUT2D eigenvalue weighted by atomic mass is 19.3. The maximum Gasteiger partial charge on any atom is 0.326 e. The Hall–Kier alpha value is -4.36. The fourth-order valence-electron chi connectivity index (χ4n) is 3.62. The molecule has 1 unspecified atom stereocenters. The Morgan fingerprint density at radius 1 is 1.26 bits per heavy atom. The number of allylic oxidation sites excluding steroid dienone is 1. The number of amides is 2. The number of nitrogens with one attached hydrogen (secondary N) is 1. The van der Waals surface area contributed by atoms with Gasteiger partial charge in [0, 0.05) is 18.5 Å². The zero-order valence-corrected chi connectivity index (χ0v) is 18.3. The molecule has 4 aromatic rings. The number of aromatic nitrogens is 7. The molecule has 5 heterocycles. The molecule has 0 radical (unpaired) electrons. The van der Waals surface area contributed by atoms with Crippen LogP contribution in [0.25, 0.3) is 11.5 Å². The summed E-state index contributed by atoms with van der Waals surface area (Å²) < 4.78 is 52.6. The van der Waals surface area contributed by atoms with Gasteiger partial charge in [-0.2, -0.15) is 14.6 Å². The number of urea groups is 1. The van der Waals surface area contributed by atoms with E-state index in [9.17, 15) is 22.4 Å². The van der Waals surface area contributed by atoms with Crippen molar-refractivity contribution in [3.05, 3.63) is 66.8 Å². The van der Waals surface area contributed by atoms with Crippen molar-refractivity contribution in [2.24, 2.45) is 0 Å². The van der Waals surface area contributed by atoms with Crippen LogP contribution in [0.2, 0.25) is 0 Å². The van der Waals surface area contributed by atoms with Crippen LogP contribution in [0.1, 0.15) is 30.5 Å². The lowest BCUT2D eigenvalue weighted by molar-refractivity contribution is 0.150. The molecule has 0 saturated heterocycles. The molecule has 0 aromatic carbocycles. The molecule has 1 aliphatic heterocycles. The van der Waals surface area contributed by atoms with E-state index in [1.54, 1.807) is 0 Å². The highest BCUT2D eigenvalue weighted by Gasteiger charge is 2.33. The van der Waals surface area contributed by atoms with Crippen molar-refractivity contribution in [3.63, 3.8) is 0 Å². The van der Waals surface area contributed by atoms with Crippen LogP contribution in [-0.2, 0) is 0 Å². The first-order valence-electron chi connectivity index (χ1n) is 10.3. The van der Waals surface area contributed by atoms with Gasteiger partial charge in [-0.3, -0.25) is 4.90 Å². The third kappa shape index (κ3) is 4.67. The predicted molar refractivity (Wildman–Crippen MR) is 118 cm³/mol. The average molecular weight is 489 g/mol. The molecular weight excluding hydrogens is 470 g/mol. The smallest absolute Gasteiger partial charge is 0.306 e. The summed E-state index contributed by atoms with van der Waals surface area (Å²) in [6, 6.07) is 1.76. The second-order valence-corrected chi connectivity index (χ2v) is 7.41. The van der Waals surface area contributed by atoms with Gasteiger partial charge in [-0.25, -0.2) is 32.4 Å². The first kappa shape index (κ1) is 23.8. The third-order valence-corrected chi connectivity index (χ3v) is 5.03. The largest absolute Gasteiger partial charge is 0.326 e. The fraction of sp³-hybridized carbons (Fsp3) is 0.238. The van der Waals surface area contributed by atoms with Gasteiger partial charge in [-0.15, -0.1) is 16.5 Å². The molecule has 1 N–H and O–H groups in total. The van der Waals surface area contributed by atoms with Crippen molar-refractivity contribution in [2.75, 3.05) is 23.4 Å². The van der Waals surface area contributed by atoms with Gasteiger partial charge < -0.3 is 5.32 Å². The van der Waals surface area contributed by atoms with E-state index in [0.717, 1.165) is 10.9 Å². The van der Waals surface area contributed by atoms with E-state index in [0.29, 0.717) is 17.0 Å². The Bertz CT molecular complexity index is 1360. The summed E-state index contributed by atoms with van der Waals surface area (Å²) in [6.45, 7) is 4.84. The molecule has 10 nitrogen and oxygen atoms in total. The molecule has 0 bridgehead atoms. The third-order valence-electron chi connectivity index (χ3n) is 5.03. The summed E-state index contributed by atoms with van der Waals surface area (Å²) in [5, 5.41) is 14.0. The molecule has 35 heavy (non-hydrogen) atoms. The normalized spacial score (nSPS) is 14.6. The van der Waals surface area contributed by atoms with E-state index in [1.807, 2.05) is 6.92 Å². The van der Waals surface area contributed by atoms with Crippen molar-refractivity contribution in [1.29, 1.82) is 0 Å². The van der Waals surface area contributed by atoms with Crippen LogP contribution < -0.4 is 10.2 Å². The Balaban J connectivity index is 0.000000672. The number of nitrogens with zero attached hydrogens (tertiary/aromatic N) is 8. The van der Waals surface area contributed by atoms with Crippen molar-refractivity contribution in [3.8, 4) is 5.82 Å². The average Bonchev–Trinajstić information content (AvgIpc) is 3.57. The minimum atomic E-state index is -2.86. The zero-order valence-electron chi connectivity index (χ0n) is 18.3. The molecule has 4 aromatic heterocycles. The van der Waals surface area contributed by atoms with Gasteiger partial charge in [0.25, 0.3) is 6.43 Å². The summed E-state index contributed by atoms with van der Waals surface area (Å²) >= 11 is 0. The SMILES string of the molecule is C=CCF.CC1CN(C(=O)Nc2cnc(-n3nccn3)c(C(F)F)c2)c2cnc3cc(F)nn3c21. The molecule has 0 saturated carbocycles. The fourth-order valence-corrected chi connectivity index (χ4v) is 3.62. The van der Waals surface area contributed by atoms with E-state index in [-0.39, 0.29) is 24.0 Å². The maximum atomic E-state index is 13.6. The molecule has 2 amide bonds. The molecule has 1 aliphatic rings. The van der Waals surface area contributed by atoms with E-state index >= 15 is 0 Å². The Morgan fingerprint density at radius 3 is 2.63 bits per heavy atom. The quantitative estimate of drug-likeness (QED) is 0.342. The van der Waals surface area contributed by atoms with Crippen molar-refractivity contribution < 1.29 is 22.4 Å². The second kappa shape index (κ2) is 9.87. The summed E-state index contributed by atoms with van der Waals surface area (Å²) in [5.74, 6) is -0.952. The first-order chi connectivity index (χ1) is 16.8. The van der Waals surface area contributed by atoms with Crippen LogP contribution in [0.4, 0.5) is 33.7 Å². The van der Waals surface area contributed by atoms with Crippen LogP contribution in [0.3, 0.4) is 0 Å². The minimum absolute atomic E-state index is 0.0801. The van der Waals surface area contributed by atoms with Gasteiger partial charge >= 0.3 is 6.03 Å². The van der Waals surface area contributed by atoms with E-state index in [4.69, 9.17) is 0 Å². The zero-order chi connectivity index (χ0) is 25.1. The Morgan fingerprint density at radius 2 is 1.97 bits per heavy atom. The number of rotatable bonds is 4. The molecule has 182 valence electrons. The number of hydrogen-bond acceptors (Lipinski definition) is 6. The maximum absolute atomic E-state index is 13.6. The lowest BCUT2D eigenvalue weighted by Crippen LogP contribution is -2.34. The van der Waals surface area contributed by atoms with Crippen molar-refractivity contribution in [2.45, 2.75) is 19.3 Å². The standard InChI is InChI=1S/C18H14F3N9O.C3H5F/c1-9-8-28(12-7-22-14-5-13(19)27-29(14)15(9)12)18(31)26-10-4-11(16(20)21)17(23-6-10)30-24-2-3-25-30;1-2-3-4/h2-7,9,16H,8H2,1H3,(H,26,31);2H,1,3H2. The van der Waals surface area contributed by atoms with Gasteiger partial charge in [0.15, 0.2) is 11.5 Å². The minimum Gasteiger partial charge on any atom is -0.306 e. The van der Waals surface area contributed by atoms with Crippen LogP contribution in [0.5, 0.6) is 0 Å². The molecule has 1 atom stereocenters. The lowest BCUT2D eigenvalue weighted by atomic mass is 10.1. The topological polar surface area (TPSA) is 106 Å². The lowest BCUT2D eigenvalue weighted by Gasteiger charge is -2.18. The molecular formula is C21H19F4N9O. The molecule has 0 spiro atoms. The summed E-state index contributed by atoms with van der Waals surface area (Å²) in [7, 11) is 0. The van der Waals surface area contributed by atoms with Gasteiger partial charge in [-0.1, -0.05) is 13.0 Å². The number of pyridine rings is 1. The van der Waals surface area contributed by atoms with Gasteiger partial charge in [0.2, 0.25) is 5.95 Å². The Kier molecular flexibility index (Phi) is 6.71. The number of alkyl halides is 3. The molecule has 0 fully saturated rings. The second-order valence-electron chi connectivity index (χ2n) is 7.41. The number of hydrogen-bond donors (Lipinski definition) is 1. The highest BCUT2D eigenvalue weighted by molar-refractivity contribution is 6.03. The number of carbonyl (C=O) groups is 1. The summed E-state index contributed by atoms with van der Waals surface area (Å²) in [6.07, 6.45) is 3.74. The van der Waals surface area contributed by atoms with Gasteiger partial charge in [0.05, 0.1) is 47.4 Å². The van der Waals surface area contributed by atoms with Crippen LogP contribution in [0.15, 0.2) is 49.6 Å².